The Labute approximate surface area is 151 Å². The minimum Gasteiger partial charge on any atom is -0.465 e. The van der Waals surface area contributed by atoms with Crippen molar-refractivity contribution in [1.82, 2.24) is 0 Å². The van der Waals surface area contributed by atoms with Crippen molar-refractivity contribution >= 4 is 18.2 Å². The van der Waals surface area contributed by atoms with E-state index < -0.39 is 17.9 Å². The van der Waals surface area contributed by atoms with E-state index in [2.05, 4.69) is 11.1 Å². The first-order valence-corrected chi connectivity index (χ1v) is 9.75. The van der Waals surface area contributed by atoms with Crippen LogP contribution in [0.1, 0.15) is 78.1 Å². The van der Waals surface area contributed by atoms with Gasteiger partial charge in [0.05, 0.1) is 13.2 Å². The topological polar surface area (TPSA) is 65.0 Å². The van der Waals surface area contributed by atoms with Crippen molar-refractivity contribution in [2.75, 3.05) is 13.2 Å². The van der Waals surface area contributed by atoms with Gasteiger partial charge in [0, 0.05) is 11.9 Å². The summed E-state index contributed by atoms with van der Waals surface area (Å²) in [6.07, 6.45) is 15.4. The van der Waals surface area contributed by atoms with E-state index in [4.69, 9.17) is 9.47 Å². The fourth-order valence-electron chi connectivity index (χ4n) is 2.85. The van der Waals surface area contributed by atoms with Crippen molar-refractivity contribution < 1.29 is 19.1 Å². The van der Waals surface area contributed by atoms with Crippen molar-refractivity contribution in [1.29, 1.82) is 0 Å². The van der Waals surface area contributed by atoms with Gasteiger partial charge in [0.2, 0.25) is 0 Å². The number of carbonyl (C=O) groups excluding carboxylic acids is 2. The van der Waals surface area contributed by atoms with Crippen molar-refractivity contribution in [2.24, 2.45) is 10.9 Å². The summed E-state index contributed by atoms with van der Waals surface area (Å²) in [5.74, 6) is -2.28. The predicted molar refractivity (Wildman–Crippen MR) is 99.5 cm³/mol. The zero-order valence-corrected chi connectivity index (χ0v) is 15.8. The maximum absolute atomic E-state index is 12.0. The Morgan fingerprint density at radius 2 is 1.48 bits per heavy atom. The molecule has 1 aliphatic carbocycles. The van der Waals surface area contributed by atoms with Gasteiger partial charge in [-0.05, 0) is 39.5 Å². The smallest absolute Gasteiger partial charge is 0.325 e. The maximum Gasteiger partial charge on any atom is 0.325 e. The third-order valence-electron chi connectivity index (χ3n) is 4.24. The van der Waals surface area contributed by atoms with Gasteiger partial charge in [-0.2, -0.15) is 0 Å². The molecule has 0 atom stereocenters. The van der Waals surface area contributed by atoms with Crippen LogP contribution in [0.4, 0.5) is 0 Å². The third-order valence-corrected chi connectivity index (χ3v) is 4.24. The van der Waals surface area contributed by atoms with Gasteiger partial charge in [-0.1, -0.05) is 44.6 Å². The second-order valence-corrected chi connectivity index (χ2v) is 6.32. The molecule has 0 amide bonds. The lowest BCUT2D eigenvalue weighted by Crippen LogP contribution is -2.29. The van der Waals surface area contributed by atoms with E-state index in [1.807, 2.05) is 0 Å². The van der Waals surface area contributed by atoms with E-state index in [-0.39, 0.29) is 13.2 Å². The van der Waals surface area contributed by atoms with Crippen molar-refractivity contribution in [3.63, 3.8) is 0 Å². The highest BCUT2D eigenvalue weighted by Gasteiger charge is 2.27. The van der Waals surface area contributed by atoms with Crippen LogP contribution in [-0.2, 0) is 19.1 Å². The highest BCUT2D eigenvalue weighted by atomic mass is 16.6. The number of ether oxygens (including phenoxy) is 2. The average Bonchev–Trinajstić information content (AvgIpc) is 2.57. The highest BCUT2D eigenvalue weighted by molar-refractivity contribution is 6.09. The molecule has 0 aliphatic heterocycles. The summed E-state index contributed by atoms with van der Waals surface area (Å²) in [4.78, 5) is 28.5. The molecule has 25 heavy (non-hydrogen) atoms. The van der Waals surface area contributed by atoms with Crippen LogP contribution >= 0.6 is 0 Å². The van der Waals surface area contributed by atoms with Crippen molar-refractivity contribution in [3.05, 3.63) is 11.8 Å². The maximum atomic E-state index is 12.0. The summed E-state index contributed by atoms with van der Waals surface area (Å²) in [5, 5.41) is 0. The summed E-state index contributed by atoms with van der Waals surface area (Å²) in [7, 11) is 0. The van der Waals surface area contributed by atoms with Crippen LogP contribution in [-0.4, -0.2) is 31.4 Å². The number of aliphatic imine (C=N–C) groups is 1. The molecule has 5 nitrogen and oxygen atoms in total. The largest absolute Gasteiger partial charge is 0.465 e. The lowest BCUT2D eigenvalue weighted by molar-refractivity contribution is -0.157. The standard InChI is InChI=1S/C20H33NO4/c1-3-24-19(22)18(20(23)25-4-2)16-21-17-14-12-10-8-6-5-7-9-11-13-15-17/h14,16,18H,3-13,15H2,1-2H3. The molecule has 0 saturated carbocycles. The molecule has 0 saturated heterocycles. The van der Waals surface area contributed by atoms with Crippen LogP contribution < -0.4 is 0 Å². The van der Waals surface area contributed by atoms with Crippen LogP contribution in [0, 0.1) is 5.92 Å². The molecule has 1 aliphatic rings. The summed E-state index contributed by atoms with van der Waals surface area (Å²) >= 11 is 0. The zero-order chi connectivity index (χ0) is 18.3. The van der Waals surface area contributed by atoms with Gasteiger partial charge in [-0.3, -0.25) is 14.6 Å². The van der Waals surface area contributed by atoms with Crippen molar-refractivity contribution in [3.8, 4) is 0 Å². The Balaban J connectivity index is 2.76. The van der Waals surface area contributed by atoms with E-state index in [1.54, 1.807) is 13.8 Å². The summed E-state index contributed by atoms with van der Waals surface area (Å²) in [6, 6.07) is 0. The Hall–Kier alpha value is -1.65. The lowest BCUT2D eigenvalue weighted by Gasteiger charge is -2.11. The molecule has 0 radical (unpaired) electrons. The predicted octanol–water partition coefficient (Wildman–Crippen LogP) is 4.60. The molecule has 0 aromatic rings. The minimum atomic E-state index is -1.08. The van der Waals surface area contributed by atoms with Gasteiger partial charge in [0.1, 0.15) is 0 Å². The van der Waals surface area contributed by atoms with E-state index in [1.165, 1.54) is 44.7 Å². The summed E-state index contributed by atoms with van der Waals surface area (Å²) in [6.45, 7) is 3.88. The molecule has 0 fully saturated rings. The highest BCUT2D eigenvalue weighted by Crippen LogP contribution is 2.17. The zero-order valence-electron chi connectivity index (χ0n) is 15.8. The normalized spacial score (nSPS) is 17.5. The molecule has 0 bridgehead atoms. The summed E-state index contributed by atoms with van der Waals surface area (Å²) in [5.41, 5.74) is 0.958. The quantitative estimate of drug-likeness (QED) is 0.398. The first kappa shape index (κ1) is 21.4. The number of esters is 2. The fraction of sp³-hybridized carbons (Fsp3) is 0.750. The molecule has 0 aromatic carbocycles. The molecule has 0 heterocycles. The lowest BCUT2D eigenvalue weighted by atomic mass is 10.0. The van der Waals surface area contributed by atoms with Gasteiger partial charge in [-0.25, -0.2) is 0 Å². The van der Waals surface area contributed by atoms with E-state index in [9.17, 15) is 9.59 Å². The summed E-state index contributed by atoms with van der Waals surface area (Å²) < 4.78 is 9.95. The van der Waals surface area contributed by atoms with Gasteiger partial charge >= 0.3 is 11.9 Å². The molecule has 0 aromatic heterocycles. The molecule has 0 spiro atoms. The Bertz CT molecular complexity index is 439. The van der Waals surface area contributed by atoms with Crippen LogP contribution in [0.2, 0.25) is 0 Å². The molecule has 0 unspecified atom stereocenters. The van der Waals surface area contributed by atoms with Gasteiger partial charge in [-0.15, -0.1) is 0 Å². The molecular formula is C20H33NO4. The first-order chi connectivity index (χ1) is 12.2. The SMILES string of the molecule is CCOC(=O)C(C=NC1=CCCCCCCCCCC1)C(=O)OCC. The van der Waals surface area contributed by atoms with E-state index in [0.29, 0.717) is 0 Å². The van der Waals surface area contributed by atoms with Crippen LogP contribution in [0.15, 0.2) is 16.8 Å². The second kappa shape index (κ2) is 13.6. The molecule has 5 heteroatoms. The van der Waals surface area contributed by atoms with Crippen LogP contribution in [0.3, 0.4) is 0 Å². The number of carbonyl (C=O) groups is 2. The molecule has 0 N–H and O–H groups in total. The fourth-order valence-corrected chi connectivity index (χ4v) is 2.85. The van der Waals surface area contributed by atoms with E-state index in [0.717, 1.165) is 31.4 Å². The number of nitrogens with zero attached hydrogens (tertiary/aromatic N) is 1. The minimum absolute atomic E-state index is 0.227. The number of hydrogen-bond acceptors (Lipinski definition) is 5. The third kappa shape index (κ3) is 9.42. The van der Waals surface area contributed by atoms with E-state index >= 15 is 0 Å². The second-order valence-electron chi connectivity index (χ2n) is 6.32. The van der Waals surface area contributed by atoms with Gasteiger partial charge in [0.25, 0.3) is 0 Å². The molecular weight excluding hydrogens is 318 g/mol. The molecule has 142 valence electrons. The monoisotopic (exact) mass is 351 g/mol. The molecule has 1 rings (SSSR count). The Morgan fingerprint density at radius 1 is 0.960 bits per heavy atom. The Kier molecular flexibility index (Phi) is 11.7. The van der Waals surface area contributed by atoms with Crippen LogP contribution in [0.25, 0.3) is 0 Å². The van der Waals surface area contributed by atoms with Gasteiger partial charge in [0.15, 0.2) is 5.92 Å². The van der Waals surface area contributed by atoms with Crippen molar-refractivity contribution in [2.45, 2.75) is 78.1 Å². The van der Waals surface area contributed by atoms with Gasteiger partial charge < -0.3 is 9.47 Å². The number of allylic oxidation sites excluding steroid dienone is 2. The number of hydrogen-bond donors (Lipinski definition) is 0. The first-order valence-electron chi connectivity index (χ1n) is 9.75. The van der Waals surface area contributed by atoms with Crippen LogP contribution in [0.5, 0.6) is 0 Å². The average molecular weight is 351 g/mol. The Morgan fingerprint density at radius 3 is 2.04 bits per heavy atom. The number of rotatable bonds is 6.